The van der Waals surface area contributed by atoms with E-state index in [0.29, 0.717) is 3.42 Å². The monoisotopic (exact) mass is 240 g/mol. The summed E-state index contributed by atoms with van der Waals surface area (Å²) in [4.78, 5) is 0. The van der Waals surface area contributed by atoms with Gasteiger partial charge >= 0.3 is 0 Å². The second kappa shape index (κ2) is 4.53. The van der Waals surface area contributed by atoms with Crippen molar-refractivity contribution in [3.8, 4) is 0 Å². The van der Waals surface area contributed by atoms with Gasteiger partial charge in [-0.25, -0.2) is 0 Å². The van der Waals surface area contributed by atoms with E-state index in [0.717, 1.165) is 0 Å². The molecule has 0 aromatic carbocycles. The first kappa shape index (κ1) is 9.73. The van der Waals surface area contributed by atoms with Crippen LogP contribution in [0.15, 0.2) is 0 Å². The minimum atomic E-state index is 0.571. The normalized spacial score (nSPS) is 12.0. The summed E-state index contributed by atoms with van der Waals surface area (Å²) in [5.41, 5.74) is 0. The molecule has 0 atom stereocenters. The molecule has 0 heterocycles. The van der Waals surface area contributed by atoms with Crippen molar-refractivity contribution in [1.29, 1.82) is 0 Å². The lowest BCUT2D eigenvalue weighted by Gasteiger charge is -2.20. The molecule has 9 heavy (non-hydrogen) atoms. The molecule has 0 radical (unpaired) electrons. The smallest absolute Gasteiger partial charge is 0.0194 e. The molecule has 0 N–H and O–H groups in total. The van der Waals surface area contributed by atoms with Crippen LogP contribution < -0.4 is 0 Å². The first-order valence-electron chi connectivity index (χ1n) is 3.81. The highest BCUT2D eigenvalue weighted by Crippen LogP contribution is 2.28. The van der Waals surface area contributed by atoms with Crippen LogP contribution >= 0.6 is 22.6 Å². The van der Waals surface area contributed by atoms with Crippen LogP contribution in [0.25, 0.3) is 0 Å². The van der Waals surface area contributed by atoms with Crippen LogP contribution in [0.2, 0.25) is 0 Å². The lowest BCUT2D eigenvalue weighted by molar-refractivity contribution is 0.553. The maximum atomic E-state index is 2.58. The van der Waals surface area contributed by atoms with Gasteiger partial charge in [-0.15, -0.1) is 0 Å². The molecule has 56 valence electrons. The molecule has 0 amide bonds. The maximum absolute atomic E-state index is 2.58. The summed E-state index contributed by atoms with van der Waals surface area (Å²) in [5.74, 6) is 0. The van der Waals surface area contributed by atoms with Gasteiger partial charge in [-0.1, -0.05) is 56.2 Å². The van der Waals surface area contributed by atoms with Crippen LogP contribution in [0.1, 0.15) is 46.5 Å². The van der Waals surface area contributed by atoms with E-state index >= 15 is 0 Å². The van der Waals surface area contributed by atoms with E-state index in [1.54, 1.807) is 0 Å². The highest BCUT2D eigenvalue weighted by Gasteiger charge is 2.16. The summed E-state index contributed by atoms with van der Waals surface area (Å²) in [6.45, 7) is 6.86. The van der Waals surface area contributed by atoms with Gasteiger partial charge in [0.05, 0.1) is 0 Å². The topological polar surface area (TPSA) is 0 Å². The van der Waals surface area contributed by atoms with Crippen LogP contribution in [0.5, 0.6) is 0 Å². The summed E-state index contributed by atoms with van der Waals surface area (Å²) < 4.78 is 0.571. The van der Waals surface area contributed by atoms with Gasteiger partial charge in [0.25, 0.3) is 0 Å². The van der Waals surface area contributed by atoms with E-state index in [1.807, 2.05) is 0 Å². The standard InChI is InChI=1S/C8H17I/c1-4-6-8(3,9)7-5-2/h4-7H2,1-3H3. The summed E-state index contributed by atoms with van der Waals surface area (Å²) in [6, 6.07) is 0. The Kier molecular flexibility index (Phi) is 4.90. The van der Waals surface area contributed by atoms with Gasteiger partial charge in [0.15, 0.2) is 0 Å². The van der Waals surface area contributed by atoms with E-state index in [1.165, 1.54) is 25.7 Å². The lowest BCUT2D eigenvalue weighted by atomic mass is 10.0. The SMILES string of the molecule is CCCC(C)(I)CCC. The predicted octanol–water partition coefficient (Wildman–Crippen LogP) is 3.78. The van der Waals surface area contributed by atoms with Crippen LogP contribution in [-0.2, 0) is 0 Å². The quantitative estimate of drug-likeness (QED) is 0.518. The van der Waals surface area contributed by atoms with Crippen LogP contribution in [-0.4, -0.2) is 3.42 Å². The van der Waals surface area contributed by atoms with E-state index in [4.69, 9.17) is 0 Å². The average molecular weight is 240 g/mol. The number of alkyl halides is 1. The van der Waals surface area contributed by atoms with Gasteiger partial charge < -0.3 is 0 Å². The molecule has 0 aliphatic carbocycles. The highest BCUT2D eigenvalue weighted by molar-refractivity contribution is 14.1. The maximum Gasteiger partial charge on any atom is 0.0194 e. The first-order chi connectivity index (χ1) is 4.12. The Morgan fingerprint density at radius 3 is 1.67 bits per heavy atom. The van der Waals surface area contributed by atoms with Crippen molar-refractivity contribution in [1.82, 2.24) is 0 Å². The highest BCUT2D eigenvalue weighted by atomic mass is 127. The number of hydrogen-bond donors (Lipinski definition) is 0. The predicted molar refractivity (Wildman–Crippen MR) is 52.2 cm³/mol. The van der Waals surface area contributed by atoms with Gasteiger partial charge in [-0.2, -0.15) is 0 Å². The fourth-order valence-corrected chi connectivity index (χ4v) is 2.25. The third-order valence-corrected chi connectivity index (χ3v) is 2.62. The molecular formula is C8H17I. The Bertz CT molecular complexity index is 59.0. The van der Waals surface area contributed by atoms with E-state index in [9.17, 15) is 0 Å². The molecule has 0 aromatic rings. The van der Waals surface area contributed by atoms with Crippen molar-refractivity contribution in [2.24, 2.45) is 0 Å². The van der Waals surface area contributed by atoms with Gasteiger partial charge in [0.2, 0.25) is 0 Å². The summed E-state index contributed by atoms with van der Waals surface area (Å²) in [6.07, 6.45) is 5.36. The molecule has 0 aromatic heterocycles. The van der Waals surface area contributed by atoms with E-state index in [-0.39, 0.29) is 0 Å². The number of hydrogen-bond acceptors (Lipinski definition) is 0. The second-order valence-corrected chi connectivity index (χ2v) is 5.52. The molecule has 0 saturated heterocycles. The zero-order chi connectivity index (χ0) is 7.33. The first-order valence-corrected chi connectivity index (χ1v) is 4.89. The van der Waals surface area contributed by atoms with Crippen LogP contribution in [0, 0.1) is 0 Å². The number of halogens is 1. The van der Waals surface area contributed by atoms with Crippen LogP contribution in [0.4, 0.5) is 0 Å². The Balaban J connectivity index is 3.43. The van der Waals surface area contributed by atoms with Crippen LogP contribution in [0.3, 0.4) is 0 Å². The molecule has 0 rings (SSSR count). The molecule has 0 saturated carbocycles. The van der Waals surface area contributed by atoms with Gasteiger partial charge in [-0.05, 0) is 12.8 Å². The third kappa shape index (κ3) is 5.19. The Morgan fingerprint density at radius 2 is 1.44 bits per heavy atom. The molecule has 0 fully saturated rings. The zero-order valence-electron chi connectivity index (χ0n) is 6.71. The van der Waals surface area contributed by atoms with Crippen molar-refractivity contribution in [3.05, 3.63) is 0 Å². The summed E-state index contributed by atoms with van der Waals surface area (Å²) in [5, 5.41) is 0. The molecule has 0 unspecified atom stereocenters. The zero-order valence-corrected chi connectivity index (χ0v) is 8.86. The number of rotatable bonds is 4. The molecule has 0 bridgehead atoms. The second-order valence-electron chi connectivity index (χ2n) is 2.91. The fraction of sp³-hybridized carbons (Fsp3) is 1.00. The minimum Gasteiger partial charge on any atom is -0.0792 e. The Labute approximate surface area is 72.6 Å². The average Bonchev–Trinajstić information content (AvgIpc) is 1.64. The molecule has 1 heteroatoms. The lowest BCUT2D eigenvalue weighted by Crippen LogP contribution is -2.13. The van der Waals surface area contributed by atoms with E-state index < -0.39 is 0 Å². The molecule has 0 aliphatic heterocycles. The third-order valence-electron chi connectivity index (χ3n) is 1.54. The Morgan fingerprint density at radius 1 is 1.11 bits per heavy atom. The molecule has 0 nitrogen and oxygen atoms in total. The van der Waals surface area contributed by atoms with Gasteiger partial charge in [-0.3, -0.25) is 0 Å². The fourth-order valence-electron chi connectivity index (χ4n) is 1.17. The van der Waals surface area contributed by atoms with Crippen molar-refractivity contribution >= 4 is 22.6 Å². The largest absolute Gasteiger partial charge is 0.0792 e. The minimum absolute atomic E-state index is 0.571. The van der Waals surface area contributed by atoms with E-state index in [2.05, 4.69) is 43.4 Å². The molecule has 0 aliphatic rings. The van der Waals surface area contributed by atoms with Crippen molar-refractivity contribution < 1.29 is 0 Å². The summed E-state index contributed by atoms with van der Waals surface area (Å²) >= 11 is 2.58. The van der Waals surface area contributed by atoms with Crippen molar-refractivity contribution in [2.45, 2.75) is 49.9 Å². The Hall–Kier alpha value is 0.730. The van der Waals surface area contributed by atoms with Gasteiger partial charge in [0.1, 0.15) is 0 Å². The summed E-state index contributed by atoms with van der Waals surface area (Å²) in [7, 11) is 0. The van der Waals surface area contributed by atoms with Gasteiger partial charge in [0, 0.05) is 3.42 Å². The van der Waals surface area contributed by atoms with Crippen molar-refractivity contribution in [2.75, 3.05) is 0 Å². The molecular weight excluding hydrogens is 223 g/mol. The van der Waals surface area contributed by atoms with Crippen molar-refractivity contribution in [3.63, 3.8) is 0 Å². The molecule has 0 spiro atoms.